The van der Waals surface area contributed by atoms with Crippen molar-refractivity contribution in [2.75, 3.05) is 20.7 Å². The van der Waals surface area contributed by atoms with E-state index >= 15 is 0 Å². The first-order chi connectivity index (χ1) is 5.54. The van der Waals surface area contributed by atoms with E-state index in [0.29, 0.717) is 11.7 Å². The molecule has 12 heavy (non-hydrogen) atoms. The van der Waals surface area contributed by atoms with E-state index in [1.54, 1.807) is 7.11 Å². The SMILES string of the molecule is C=C(Cl)N(C)C(CN)[C@@H](C)OC. The van der Waals surface area contributed by atoms with Crippen molar-refractivity contribution in [1.82, 2.24) is 4.90 Å². The molecule has 1 unspecified atom stereocenters. The second-order valence-electron chi connectivity index (χ2n) is 2.73. The monoisotopic (exact) mass is 192 g/mol. The molecule has 0 aliphatic rings. The minimum absolute atomic E-state index is 0.0514. The molecule has 3 nitrogen and oxygen atoms in total. The second-order valence-corrected chi connectivity index (χ2v) is 3.17. The fraction of sp³-hybridized carbons (Fsp3) is 0.750. The lowest BCUT2D eigenvalue weighted by Crippen LogP contribution is -2.44. The smallest absolute Gasteiger partial charge is 0.0972 e. The maximum atomic E-state index is 5.72. The summed E-state index contributed by atoms with van der Waals surface area (Å²) < 4.78 is 5.15. The Morgan fingerprint density at radius 2 is 2.25 bits per heavy atom. The fourth-order valence-electron chi connectivity index (χ4n) is 1.00. The van der Waals surface area contributed by atoms with E-state index in [9.17, 15) is 0 Å². The van der Waals surface area contributed by atoms with Gasteiger partial charge in [-0.1, -0.05) is 18.2 Å². The van der Waals surface area contributed by atoms with Crippen LogP contribution in [0.25, 0.3) is 0 Å². The Balaban J connectivity index is 4.23. The van der Waals surface area contributed by atoms with Gasteiger partial charge in [-0.25, -0.2) is 0 Å². The third kappa shape index (κ3) is 3.01. The summed E-state index contributed by atoms with van der Waals surface area (Å²) >= 11 is 5.72. The number of likely N-dealkylation sites (N-methyl/N-ethyl adjacent to an activating group) is 1. The quantitative estimate of drug-likeness (QED) is 0.661. The van der Waals surface area contributed by atoms with Crippen LogP contribution in [0.5, 0.6) is 0 Å². The Labute approximate surface area is 79.1 Å². The minimum atomic E-state index is 0.0514. The second kappa shape index (κ2) is 5.41. The van der Waals surface area contributed by atoms with Gasteiger partial charge in [0.1, 0.15) is 0 Å². The number of nitrogens with two attached hydrogens (primary N) is 1. The van der Waals surface area contributed by atoms with Gasteiger partial charge in [0.2, 0.25) is 0 Å². The van der Waals surface area contributed by atoms with E-state index < -0.39 is 0 Å². The van der Waals surface area contributed by atoms with Crippen LogP contribution in [0.2, 0.25) is 0 Å². The minimum Gasteiger partial charge on any atom is -0.380 e. The van der Waals surface area contributed by atoms with Crippen molar-refractivity contribution in [2.45, 2.75) is 19.1 Å². The van der Waals surface area contributed by atoms with Crippen LogP contribution in [-0.2, 0) is 4.74 Å². The Morgan fingerprint density at radius 1 is 1.75 bits per heavy atom. The number of ether oxygens (including phenoxy) is 1. The topological polar surface area (TPSA) is 38.5 Å². The standard InChI is InChI=1S/C8H17ClN2O/c1-6(12-4)8(5-10)11(3)7(2)9/h6,8H,2,5,10H2,1,3-4H3/t6-,8?/m1/s1. The summed E-state index contributed by atoms with van der Waals surface area (Å²) in [5.74, 6) is 0. The van der Waals surface area contributed by atoms with E-state index in [-0.39, 0.29) is 12.1 Å². The molecule has 0 spiro atoms. The van der Waals surface area contributed by atoms with Crippen LogP contribution in [0.4, 0.5) is 0 Å². The van der Waals surface area contributed by atoms with E-state index in [0.717, 1.165) is 0 Å². The van der Waals surface area contributed by atoms with Gasteiger partial charge in [0.15, 0.2) is 0 Å². The zero-order chi connectivity index (χ0) is 9.72. The van der Waals surface area contributed by atoms with Crippen LogP contribution >= 0.6 is 11.6 Å². The number of rotatable bonds is 5. The van der Waals surface area contributed by atoms with Crippen LogP contribution in [0, 0.1) is 0 Å². The Kier molecular flexibility index (Phi) is 5.29. The van der Waals surface area contributed by atoms with Crippen LogP contribution in [0.1, 0.15) is 6.92 Å². The Bertz CT molecular complexity index is 152. The molecule has 0 saturated heterocycles. The number of hydrogen-bond acceptors (Lipinski definition) is 3. The molecule has 2 atom stereocenters. The molecule has 0 aromatic rings. The summed E-state index contributed by atoms with van der Waals surface area (Å²) in [5.41, 5.74) is 5.57. The molecule has 0 heterocycles. The van der Waals surface area contributed by atoms with Gasteiger partial charge in [-0.2, -0.15) is 0 Å². The van der Waals surface area contributed by atoms with Gasteiger partial charge in [0.25, 0.3) is 0 Å². The fourth-order valence-corrected chi connectivity index (χ4v) is 1.13. The molecule has 0 radical (unpaired) electrons. The summed E-state index contributed by atoms with van der Waals surface area (Å²) in [6.07, 6.45) is 0.0514. The highest BCUT2D eigenvalue weighted by molar-refractivity contribution is 6.28. The lowest BCUT2D eigenvalue weighted by molar-refractivity contribution is 0.0543. The highest BCUT2D eigenvalue weighted by Crippen LogP contribution is 2.12. The maximum absolute atomic E-state index is 5.72. The van der Waals surface area contributed by atoms with Crippen molar-refractivity contribution < 1.29 is 4.74 Å². The highest BCUT2D eigenvalue weighted by atomic mass is 35.5. The molecule has 72 valence electrons. The summed E-state index contributed by atoms with van der Waals surface area (Å²) in [4.78, 5) is 1.82. The van der Waals surface area contributed by atoms with Gasteiger partial charge in [0.05, 0.1) is 17.3 Å². The zero-order valence-electron chi connectivity index (χ0n) is 7.88. The molecule has 0 saturated carbocycles. The molecule has 0 rings (SSSR count). The Morgan fingerprint density at radius 3 is 2.50 bits per heavy atom. The predicted octanol–water partition coefficient (Wildman–Crippen LogP) is 0.990. The van der Waals surface area contributed by atoms with Crippen LogP contribution < -0.4 is 5.73 Å². The molecule has 0 aromatic heterocycles. The van der Waals surface area contributed by atoms with Crippen molar-refractivity contribution in [3.8, 4) is 0 Å². The third-order valence-electron chi connectivity index (χ3n) is 2.04. The van der Waals surface area contributed by atoms with Gasteiger partial charge in [0, 0.05) is 20.7 Å². The average Bonchev–Trinajstić information content (AvgIpc) is 2.05. The van der Waals surface area contributed by atoms with Crippen molar-refractivity contribution >= 4 is 11.6 Å². The molecule has 0 aliphatic carbocycles. The molecule has 0 fully saturated rings. The summed E-state index contributed by atoms with van der Waals surface area (Å²) in [6, 6.07) is 0.0833. The predicted molar refractivity (Wildman–Crippen MR) is 52.1 cm³/mol. The summed E-state index contributed by atoms with van der Waals surface area (Å²) in [5, 5.41) is 0.481. The van der Waals surface area contributed by atoms with Crippen molar-refractivity contribution in [1.29, 1.82) is 0 Å². The molecule has 0 amide bonds. The number of hydrogen-bond donors (Lipinski definition) is 1. The van der Waals surface area contributed by atoms with E-state index in [4.69, 9.17) is 22.1 Å². The van der Waals surface area contributed by atoms with Crippen molar-refractivity contribution in [3.05, 3.63) is 11.7 Å². The molecule has 4 heteroatoms. The highest BCUT2D eigenvalue weighted by Gasteiger charge is 2.20. The van der Waals surface area contributed by atoms with Crippen molar-refractivity contribution in [3.63, 3.8) is 0 Å². The molecule has 0 aliphatic heterocycles. The van der Waals surface area contributed by atoms with Gasteiger partial charge < -0.3 is 15.4 Å². The lowest BCUT2D eigenvalue weighted by Gasteiger charge is -2.31. The number of nitrogens with zero attached hydrogens (tertiary/aromatic N) is 1. The molecule has 0 bridgehead atoms. The maximum Gasteiger partial charge on any atom is 0.0972 e. The molecular formula is C8H17ClN2O. The first-order valence-electron chi connectivity index (χ1n) is 3.84. The van der Waals surface area contributed by atoms with Crippen LogP contribution in [0.15, 0.2) is 11.7 Å². The molecule has 2 N–H and O–H groups in total. The summed E-state index contributed by atoms with van der Waals surface area (Å²) in [6.45, 7) is 6.07. The van der Waals surface area contributed by atoms with Gasteiger partial charge in [-0.05, 0) is 6.92 Å². The first kappa shape index (κ1) is 11.8. The van der Waals surface area contributed by atoms with Gasteiger partial charge in [-0.15, -0.1) is 0 Å². The van der Waals surface area contributed by atoms with Gasteiger partial charge in [-0.3, -0.25) is 0 Å². The first-order valence-corrected chi connectivity index (χ1v) is 4.22. The van der Waals surface area contributed by atoms with E-state index in [2.05, 4.69) is 6.58 Å². The average molecular weight is 193 g/mol. The van der Waals surface area contributed by atoms with Crippen LogP contribution in [0.3, 0.4) is 0 Å². The molecular weight excluding hydrogens is 176 g/mol. The summed E-state index contributed by atoms with van der Waals surface area (Å²) in [7, 11) is 3.50. The zero-order valence-corrected chi connectivity index (χ0v) is 8.64. The lowest BCUT2D eigenvalue weighted by atomic mass is 10.1. The van der Waals surface area contributed by atoms with Crippen LogP contribution in [-0.4, -0.2) is 37.7 Å². The third-order valence-corrected chi connectivity index (χ3v) is 2.30. The van der Waals surface area contributed by atoms with Gasteiger partial charge >= 0.3 is 0 Å². The van der Waals surface area contributed by atoms with E-state index in [1.807, 2.05) is 18.9 Å². The van der Waals surface area contributed by atoms with Crippen molar-refractivity contribution in [2.24, 2.45) is 5.73 Å². The Hall–Kier alpha value is -0.250. The largest absolute Gasteiger partial charge is 0.380 e. The normalized spacial score (nSPS) is 15.4. The molecule has 0 aromatic carbocycles. The van der Waals surface area contributed by atoms with E-state index in [1.165, 1.54) is 0 Å². The number of methoxy groups -OCH3 is 1. The number of halogens is 1.